The Kier molecular flexibility index (Phi) is 8.50. The Morgan fingerprint density at radius 3 is 2.19 bits per heavy atom. The van der Waals surface area contributed by atoms with Gasteiger partial charge in [0.25, 0.3) is 0 Å². The Hall–Kier alpha value is -3.08. The van der Waals surface area contributed by atoms with Gasteiger partial charge in [0.2, 0.25) is 5.82 Å². The minimum absolute atomic E-state index is 0.0425. The van der Waals surface area contributed by atoms with E-state index < -0.39 is 23.3 Å². The van der Waals surface area contributed by atoms with E-state index in [2.05, 4.69) is 0 Å². The second-order valence-electron chi connectivity index (χ2n) is 9.49. The molecule has 190 valence electrons. The van der Waals surface area contributed by atoms with Gasteiger partial charge in [-0.05, 0) is 92.5 Å². The van der Waals surface area contributed by atoms with Gasteiger partial charge in [-0.3, -0.25) is 0 Å². The zero-order valence-electron chi connectivity index (χ0n) is 20.8. The summed E-state index contributed by atoms with van der Waals surface area (Å²) >= 11 is 0. The van der Waals surface area contributed by atoms with Gasteiger partial charge < -0.3 is 4.74 Å². The standard InChI is InChI=1S/C31H32F4O/c1-3-5-20-6-11-22(12-7-20)25-17-16-24(28(32)29(25)33)15-10-21-8-13-23(14-9-21)26-18-19-27(36-4-2)31(35)30(26)34/h3,5-7,11-12,16-19,21,23H,4,8-10,13-15H2,1-2H3/b5-3+. The van der Waals surface area contributed by atoms with E-state index in [-0.39, 0.29) is 23.8 Å². The largest absolute Gasteiger partial charge is 0.491 e. The summed E-state index contributed by atoms with van der Waals surface area (Å²) in [6.45, 7) is 3.93. The zero-order valence-corrected chi connectivity index (χ0v) is 20.8. The molecule has 0 amide bonds. The Balaban J connectivity index is 1.36. The molecular weight excluding hydrogens is 464 g/mol. The van der Waals surface area contributed by atoms with Crippen LogP contribution in [-0.4, -0.2) is 6.61 Å². The number of rotatable bonds is 8. The van der Waals surface area contributed by atoms with Crippen molar-refractivity contribution in [1.82, 2.24) is 0 Å². The molecule has 36 heavy (non-hydrogen) atoms. The first kappa shape index (κ1) is 26.0. The molecule has 0 heterocycles. The number of halogens is 4. The van der Waals surface area contributed by atoms with Crippen LogP contribution in [0.1, 0.15) is 68.6 Å². The Bertz CT molecular complexity index is 1210. The van der Waals surface area contributed by atoms with Gasteiger partial charge in [-0.25, -0.2) is 13.2 Å². The average molecular weight is 497 g/mol. The Labute approximate surface area is 210 Å². The van der Waals surface area contributed by atoms with E-state index in [0.29, 0.717) is 29.0 Å². The summed E-state index contributed by atoms with van der Waals surface area (Å²) < 4.78 is 63.8. The van der Waals surface area contributed by atoms with Crippen LogP contribution >= 0.6 is 0 Å². The lowest BCUT2D eigenvalue weighted by atomic mass is 9.76. The quantitative estimate of drug-likeness (QED) is 0.282. The Morgan fingerprint density at radius 1 is 0.806 bits per heavy atom. The van der Waals surface area contributed by atoms with Gasteiger partial charge in [-0.1, -0.05) is 54.6 Å². The van der Waals surface area contributed by atoms with Crippen molar-refractivity contribution in [2.75, 3.05) is 6.61 Å². The highest BCUT2D eigenvalue weighted by molar-refractivity contribution is 5.66. The zero-order chi connectivity index (χ0) is 25.7. The normalized spacial score (nSPS) is 18.1. The fourth-order valence-electron chi connectivity index (χ4n) is 5.22. The van der Waals surface area contributed by atoms with Crippen molar-refractivity contribution in [3.63, 3.8) is 0 Å². The van der Waals surface area contributed by atoms with Gasteiger partial charge >= 0.3 is 0 Å². The van der Waals surface area contributed by atoms with Crippen molar-refractivity contribution >= 4 is 6.08 Å². The molecule has 1 aliphatic rings. The Morgan fingerprint density at radius 2 is 1.53 bits per heavy atom. The first-order valence-electron chi connectivity index (χ1n) is 12.7. The third kappa shape index (κ3) is 5.66. The molecule has 0 N–H and O–H groups in total. The van der Waals surface area contributed by atoms with Crippen LogP contribution in [-0.2, 0) is 6.42 Å². The van der Waals surface area contributed by atoms with E-state index in [1.165, 1.54) is 6.07 Å². The summed E-state index contributed by atoms with van der Waals surface area (Å²) in [6, 6.07) is 13.8. The molecule has 0 atom stereocenters. The fourth-order valence-corrected chi connectivity index (χ4v) is 5.22. The third-order valence-corrected chi connectivity index (χ3v) is 7.23. The molecular formula is C31H32F4O. The van der Waals surface area contributed by atoms with Crippen LogP contribution in [0.15, 0.2) is 54.6 Å². The lowest BCUT2D eigenvalue weighted by Gasteiger charge is -2.29. The molecule has 0 radical (unpaired) electrons. The topological polar surface area (TPSA) is 9.23 Å². The molecule has 0 unspecified atom stereocenters. The SMILES string of the molecule is C/C=C/c1ccc(-c2ccc(CCC3CCC(c4ccc(OCC)c(F)c4F)CC3)c(F)c2F)cc1. The number of benzene rings is 3. The van der Waals surface area contributed by atoms with Crippen molar-refractivity contribution in [1.29, 1.82) is 0 Å². The minimum atomic E-state index is -0.925. The van der Waals surface area contributed by atoms with Gasteiger partial charge in [-0.2, -0.15) is 4.39 Å². The van der Waals surface area contributed by atoms with Gasteiger partial charge in [-0.15, -0.1) is 0 Å². The average Bonchev–Trinajstić information content (AvgIpc) is 2.89. The van der Waals surface area contributed by atoms with E-state index in [1.54, 1.807) is 37.3 Å². The van der Waals surface area contributed by atoms with Crippen molar-refractivity contribution in [3.05, 3.63) is 94.6 Å². The molecule has 0 bridgehead atoms. The molecule has 0 aliphatic heterocycles. The summed E-state index contributed by atoms with van der Waals surface area (Å²) in [5, 5.41) is 0. The molecule has 1 fully saturated rings. The maximum atomic E-state index is 14.9. The molecule has 1 nitrogen and oxygen atoms in total. The van der Waals surface area contributed by atoms with Crippen LogP contribution in [0, 0.1) is 29.2 Å². The molecule has 0 saturated heterocycles. The molecule has 1 saturated carbocycles. The highest BCUT2D eigenvalue weighted by Crippen LogP contribution is 2.40. The van der Waals surface area contributed by atoms with E-state index in [1.807, 2.05) is 31.2 Å². The molecule has 3 aromatic rings. The monoisotopic (exact) mass is 496 g/mol. The second-order valence-corrected chi connectivity index (χ2v) is 9.49. The molecule has 3 aromatic carbocycles. The molecule has 0 aromatic heterocycles. The number of aryl methyl sites for hydroxylation is 1. The van der Waals surface area contributed by atoms with E-state index >= 15 is 0 Å². The van der Waals surface area contributed by atoms with Crippen LogP contribution < -0.4 is 4.74 Å². The van der Waals surface area contributed by atoms with Gasteiger partial charge in [0, 0.05) is 5.56 Å². The number of allylic oxidation sites excluding steroid dienone is 1. The van der Waals surface area contributed by atoms with Gasteiger partial charge in [0.15, 0.2) is 23.2 Å². The minimum Gasteiger partial charge on any atom is -0.491 e. The lowest BCUT2D eigenvalue weighted by Crippen LogP contribution is -2.16. The summed E-state index contributed by atoms with van der Waals surface area (Å²) in [5.74, 6) is -3.10. The van der Waals surface area contributed by atoms with Crippen LogP contribution in [0.2, 0.25) is 0 Å². The maximum Gasteiger partial charge on any atom is 0.200 e. The first-order chi connectivity index (χ1) is 17.4. The lowest BCUT2D eigenvalue weighted by molar-refractivity contribution is 0.296. The molecule has 4 rings (SSSR count). The van der Waals surface area contributed by atoms with E-state index in [9.17, 15) is 17.6 Å². The smallest absolute Gasteiger partial charge is 0.200 e. The number of hydrogen-bond acceptors (Lipinski definition) is 1. The van der Waals surface area contributed by atoms with Crippen molar-refractivity contribution in [2.45, 2.75) is 58.3 Å². The molecule has 5 heteroatoms. The van der Waals surface area contributed by atoms with Gasteiger partial charge in [0.1, 0.15) is 0 Å². The van der Waals surface area contributed by atoms with Gasteiger partial charge in [0.05, 0.1) is 6.61 Å². The molecule has 0 spiro atoms. The van der Waals surface area contributed by atoms with E-state index in [0.717, 1.165) is 37.7 Å². The summed E-state index contributed by atoms with van der Waals surface area (Å²) in [5.41, 5.74) is 2.68. The highest BCUT2D eigenvalue weighted by atomic mass is 19.2. The second kappa shape index (κ2) is 11.8. The van der Waals surface area contributed by atoms with Crippen LogP contribution in [0.4, 0.5) is 17.6 Å². The summed E-state index contributed by atoms with van der Waals surface area (Å²) in [7, 11) is 0. The van der Waals surface area contributed by atoms with Crippen molar-refractivity contribution in [3.8, 4) is 16.9 Å². The number of hydrogen-bond donors (Lipinski definition) is 0. The van der Waals surface area contributed by atoms with Crippen molar-refractivity contribution < 1.29 is 22.3 Å². The van der Waals surface area contributed by atoms with E-state index in [4.69, 9.17) is 4.74 Å². The van der Waals surface area contributed by atoms with Crippen LogP contribution in [0.25, 0.3) is 17.2 Å². The highest BCUT2D eigenvalue weighted by Gasteiger charge is 2.27. The fraction of sp³-hybridized carbons (Fsp3) is 0.355. The molecule has 1 aliphatic carbocycles. The predicted molar refractivity (Wildman–Crippen MR) is 137 cm³/mol. The third-order valence-electron chi connectivity index (χ3n) is 7.23. The maximum absolute atomic E-state index is 14.9. The summed E-state index contributed by atoms with van der Waals surface area (Å²) in [4.78, 5) is 0. The predicted octanol–water partition coefficient (Wildman–Crippen LogP) is 9.25. The summed E-state index contributed by atoms with van der Waals surface area (Å²) in [6.07, 6.45) is 8.24. The van der Waals surface area contributed by atoms with Crippen LogP contribution in [0.5, 0.6) is 5.75 Å². The first-order valence-corrected chi connectivity index (χ1v) is 12.7. The van der Waals surface area contributed by atoms with Crippen LogP contribution in [0.3, 0.4) is 0 Å². The number of ether oxygens (including phenoxy) is 1. The van der Waals surface area contributed by atoms with Crippen molar-refractivity contribution in [2.24, 2.45) is 5.92 Å².